The first kappa shape index (κ1) is 19.6. The molecule has 0 saturated heterocycles. The van der Waals surface area contributed by atoms with Crippen LogP contribution in [0.4, 0.5) is 0 Å². The Labute approximate surface area is 175 Å². The number of ether oxygens (including phenoxy) is 1. The number of aromatic nitrogens is 4. The van der Waals surface area contributed by atoms with E-state index < -0.39 is 0 Å². The number of unbranched alkanes of at least 4 members (excludes halogenated alkanes) is 1. The first-order valence-corrected chi connectivity index (χ1v) is 10.1. The molecule has 0 bridgehead atoms. The Morgan fingerprint density at radius 1 is 0.967 bits per heavy atom. The third-order valence-electron chi connectivity index (χ3n) is 4.67. The van der Waals surface area contributed by atoms with Gasteiger partial charge in [-0.25, -0.2) is 9.97 Å². The van der Waals surface area contributed by atoms with Crippen molar-refractivity contribution in [2.45, 2.75) is 32.4 Å². The number of hydrogen-bond donors (Lipinski definition) is 0. The maximum atomic E-state index is 5.83. The smallest absolute Gasteiger partial charge is 0.218 e. The van der Waals surface area contributed by atoms with Gasteiger partial charge in [0.25, 0.3) is 0 Å². The fraction of sp³-hybridized carbons (Fsp3) is 0.208. The molecular formula is C24H24N4O2. The van der Waals surface area contributed by atoms with Gasteiger partial charge in [-0.1, -0.05) is 42.5 Å². The van der Waals surface area contributed by atoms with Gasteiger partial charge in [-0.05, 0) is 48.6 Å². The number of nitrogens with zero attached hydrogens (tertiary/aromatic N) is 4. The molecule has 0 radical (unpaired) electrons. The van der Waals surface area contributed by atoms with E-state index in [9.17, 15) is 0 Å². The minimum Gasteiger partial charge on any atom is -0.487 e. The summed E-state index contributed by atoms with van der Waals surface area (Å²) in [5.41, 5.74) is 3.17. The van der Waals surface area contributed by atoms with Crippen molar-refractivity contribution in [2.75, 3.05) is 0 Å². The van der Waals surface area contributed by atoms with Crippen molar-refractivity contribution in [3.05, 3.63) is 96.2 Å². The van der Waals surface area contributed by atoms with Crippen LogP contribution in [0.2, 0.25) is 0 Å². The summed E-state index contributed by atoms with van der Waals surface area (Å²) in [4.78, 5) is 8.39. The standard InChI is InChI=1S/C24H24N4O2/c1-2-6-20(7-3-1)11-14-24-27-22(17-30-24)16-29-23-12-9-21(10-13-23)8-4-5-15-28-19-25-18-26-28/h1-3,6-7,9-14,17-19H,4-5,8,15-16H2. The lowest BCUT2D eigenvalue weighted by molar-refractivity contribution is 0.301. The molecule has 0 aliphatic heterocycles. The summed E-state index contributed by atoms with van der Waals surface area (Å²) < 4.78 is 13.2. The first-order valence-electron chi connectivity index (χ1n) is 10.1. The lowest BCUT2D eigenvalue weighted by Crippen LogP contribution is -1.99. The molecule has 0 N–H and O–H groups in total. The normalized spacial score (nSPS) is 11.2. The molecule has 6 nitrogen and oxygen atoms in total. The summed E-state index contributed by atoms with van der Waals surface area (Å²) in [6, 6.07) is 18.3. The Hall–Kier alpha value is -3.67. The van der Waals surface area contributed by atoms with Crippen molar-refractivity contribution in [3.63, 3.8) is 0 Å². The van der Waals surface area contributed by atoms with Crippen molar-refractivity contribution in [1.29, 1.82) is 0 Å². The predicted octanol–water partition coefficient (Wildman–Crippen LogP) is 5.04. The molecule has 2 aromatic heterocycles. The van der Waals surface area contributed by atoms with Crippen molar-refractivity contribution in [2.24, 2.45) is 0 Å². The van der Waals surface area contributed by atoms with E-state index in [1.165, 1.54) is 5.56 Å². The van der Waals surface area contributed by atoms with Gasteiger partial charge in [0.15, 0.2) is 0 Å². The van der Waals surface area contributed by atoms with Crippen molar-refractivity contribution in [1.82, 2.24) is 19.7 Å². The zero-order valence-corrected chi connectivity index (χ0v) is 16.7. The highest BCUT2D eigenvalue weighted by atomic mass is 16.5. The van der Waals surface area contributed by atoms with Crippen LogP contribution in [-0.4, -0.2) is 19.7 Å². The van der Waals surface area contributed by atoms with Crippen molar-refractivity contribution >= 4 is 12.2 Å². The number of hydrogen-bond acceptors (Lipinski definition) is 5. The van der Waals surface area contributed by atoms with Gasteiger partial charge in [0, 0.05) is 12.6 Å². The van der Waals surface area contributed by atoms with Crippen molar-refractivity contribution < 1.29 is 9.15 Å². The van der Waals surface area contributed by atoms with Crippen LogP contribution < -0.4 is 4.74 Å². The Bertz CT molecular complexity index is 1040. The maximum Gasteiger partial charge on any atom is 0.218 e. The summed E-state index contributed by atoms with van der Waals surface area (Å²) in [6.45, 7) is 1.28. The third kappa shape index (κ3) is 5.91. The minimum atomic E-state index is 0.375. The number of aryl methyl sites for hydroxylation is 2. The van der Waals surface area contributed by atoms with E-state index >= 15 is 0 Å². The molecule has 2 aromatic carbocycles. The van der Waals surface area contributed by atoms with Gasteiger partial charge in [0.05, 0.1) is 0 Å². The lowest BCUT2D eigenvalue weighted by atomic mass is 10.1. The van der Waals surface area contributed by atoms with Gasteiger partial charge >= 0.3 is 0 Å². The van der Waals surface area contributed by atoms with Crippen LogP contribution in [0.1, 0.15) is 35.6 Å². The predicted molar refractivity (Wildman–Crippen MR) is 116 cm³/mol. The van der Waals surface area contributed by atoms with Crippen LogP contribution in [0.3, 0.4) is 0 Å². The average molecular weight is 400 g/mol. The Kier molecular flexibility index (Phi) is 6.68. The summed E-state index contributed by atoms with van der Waals surface area (Å²) in [5, 5.41) is 4.12. The van der Waals surface area contributed by atoms with E-state index in [2.05, 4.69) is 27.2 Å². The molecule has 0 atom stereocenters. The highest BCUT2D eigenvalue weighted by Gasteiger charge is 2.03. The molecule has 152 valence electrons. The summed E-state index contributed by atoms with van der Waals surface area (Å²) in [7, 11) is 0. The van der Waals surface area contributed by atoms with Crippen LogP contribution in [0.5, 0.6) is 5.75 Å². The zero-order chi connectivity index (χ0) is 20.4. The van der Waals surface area contributed by atoms with E-state index in [1.54, 1.807) is 18.9 Å². The van der Waals surface area contributed by atoms with E-state index in [0.717, 1.165) is 42.8 Å². The van der Waals surface area contributed by atoms with E-state index in [0.29, 0.717) is 12.5 Å². The van der Waals surface area contributed by atoms with Crippen LogP contribution >= 0.6 is 0 Å². The number of benzene rings is 2. The molecule has 0 amide bonds. The molecule has 4 aromatic rings. The topological polar surface area (TPSA) is 66.0 Å². The molecule has 6 heteroatoms. The fourth-order valence-electron chi connectivity index (χ4n) is 3.06. The van der Waals surface area contributed by atoms with E-state index in [1.807, 2.05) is 59.3 Å². The quantitative estimate of drug-likeness (QED) is 0.349. The second kappa shape index (κ2) is 10.2. The number of rotatable bonds is 10. The maximum absolute atomic E-state index is 5.83. The van der Waals surface area contributed by atoms with Gasteiger partial charge in [0.2, 0.25) is 5.89 Å². The van der Waals surface area contributed by atoms with E-state index in [4.69, 9.17) is 9.15 Å². The second-order valence-electron chi connectivity index (χ2n) is 6.97. The molecule has 0 aliphatic rings. The minimum absolute atomic E-state index is 0.375. The Morgan fingerprint density at radius 2 is 1.83 bits per heavy atom. The molecule has 4 rings (SSSR count). The molecule has 0 unspecified atom stereocenters. The van der Waals surface area contributed by atoms with Crippen LogP contribution in [0.15, 0.2) is 77.9 Å². The molecule has 0 saturated carbocycles. The Morgan fingerprint density at radius 3 is 2.63 bits per heavy atom. The van der Waals surface area contributed by atoms with Crippen LogP contribution in [-0.2, 0) is 19.6 Å². The molecule has 0 fully saturated rings. The number of oxazole rings is 1. The van der Waals surface area contributed by atoms with Crippen molar-refractivity contribution in [3.8, 4) is 5.75 Å². The monoisotopic (exact) mass is 400 g/mol. The fourth-order valence-corrected chi connectivity index (χ4v) is 3.06. The molecule has 0 spiro atoms. The zero-order valence-electron chi connectivity index (χ0n) is 16.7. The SMILES string of the molecule is C(=Cc1nc(COc2ccc(CCCCn3cncn3)cc2)co1)c1ccccc1. The molecule has 2 heterocycles. The van der Waals surface area contributed by atoms with Gasteiger partial charge in [-0.3, -0.25) is 4.68 Å². The second-order valence-corrected chi connectivity index (χ2v) is 6.97. The van der Waals surface area contributed by atoms with Gasteiger partial charge < -0.3 is 9.15 Å². The summed E-state index contributed by atoms with van der Waals surface area (Å²) >= 11 is 0. The highest BCUT2D eigenvalue weighted by molar-refractivity contribution is 5.65. The van der Waals surface area contributed by atoms with Crippen LogP contribution in [0.25, 0.3) is 12.2 Å². The highest BCUT2D eigenvalue weighted by Crippen LogP contribution is 2.16. The van der Waals surface area contributed by atoms with Gasteiger partial charge in [-0.2, -0.15) is 5.10 Å². The van der Waals surface area contributed by atoms with Gasteiger partial charge in [0.1, 0.15) is 37.0 Å². The lowest BCUT2D eigenvalue weighted by Gasteiger charge is -2.06. The first-order chi connectivity index (χ1) is 14.8. The molecule has 30 heavy (non-hydrogen) atoms. The molecule has 0 aliphatic carbocycles. The largest absolute Gasteiger partial charge is 0.487 e. The van der Waals surface area contributed by atoms with Crippen LogP contribution in [0, 0.1) is 0 Å². The van der Waals surface area contributed by atoms with E-state index in [-0.39, 0.29) is 0 Å². The van der Waals surface area contributed by atoms with Gasteiger partial charge in [-0.15, -0.1) is 0 Å². The summed E-state index contributed by atoms with van der Waals surface area (Å²) in [5.74, 6) is 1.39. The molecular weight excluding hydrogens is 376 g/mol. The summed E-state index contributed by atoms with van der Waals surface area (Å²) in [6.07, 6.45) is 12.0. The third-order valence-corrected chi connectivity index (χ3v) is 4.67. The average Bonchev–Trinajstić information content (AvgIpc) is 3.47. The Balaban J connectivity index is 1.20.